The highest BCUT2D eigenvalue weighted by molar-refractivity contribution is 7.89. The van der Waals surface area contributed by atoms with Crippen molar-refractivity contribution in [2.75, 3.05) is 32.0 Å². The van der Waals surface area contributed by atoms with E-state index in [2.05, 4.69) is 9.97 Å². The first-order valence-corrected chi connectivity index (χ1v) is 7.78. The monoisotopic (exact) mass is 302 g/mol. The summed E-state index contributed by atoms with van der Waals surface area (Å²) >= 11 is 0. The number of piperidine rings is 1. The summed E-state index contributed by atoms with van der Waals surface area (Å²) in [7, 11) is -3.57. The molecule has 0 amide bonds. The van der Waals surface area contributed by atoms with Crippen LogP contribution in [-0.2, 0) is 14.8 Å². The number of sulfonamides is 1. The summed E-state index contributed by atoms with van der Waals surface area (Å²) in [6.07, 6.45) is 3.64. The number of ether oxygens (including phenoxy) is 1. The van der Waals surface area contributed by atoms with Crippen LogP contribution in [0.3, 0.4) is 0 Å². The van der Waals surface area contributed by atoms with E-state index in [-0.39, 0.29) is 30.2 Å². The van der Waals surface area contributed by atoms with E-state index in [1.54, 1.807) is 0 Å². The fraction of sp³-hybridized carbons (Fsp3) is 0.636. The van der Waals surface area contributed by atoms with Gasteiger partial charge in [0.05, 0.1) is 31.7 Å². The first-order chi connectivity index (χ1) is 9.54. The molecular formula is C11H18N4O4S. The summed E-state index contributed by atoms with van der Waals surface area (Å²) in [5.41, 5.74) is 5.35. The van der Waals surface area contributed by atoms with Crippen molar-refractivity contribution in [3.05, 3.63) is 12.4 Å². The maximum atomic E-state index is 12.3. The fourth-order valence-electron chi connectivity index (χ4n) is 2.07. The first-order valence-electron chi connectivity index (χ1n) is 6.34. The molecule has 1 fully saturated rings. The van der Waals surface area contributed by atoms with Gasteiger partial charge in [0.15, 0.2) is 0 Å². The quantitative estimate of drug-likeness (QED) is 0.732. The van der Waals surface area contributed by atoms with Crippen LogP contribution in [0.15, 0.2) is 17.3 Å². The van der Waals surface area contributed by atoms with Crippen molar-refractivity contribution >= 4 is 16.0 Å². The number of hydrogen-bond acceptors (Lipinski definition) is 7. The lowest BCUT2D eigenvalue weighted by Crippen LogP contribution is -2.41. The lowest BCUT2D eigenvalue weighted by Gasteiger charge is -2.30. The molecule has 1 aliphatic rings. The molecule has 1 aromatic heterocycles. The summed E-state index contributed by atoms with van der Waals surface area (Å²) in [6, 6.07) is 0. The van der Waals surface area contributed by atoms with Crippen LogP contribution in [0.1, 0.15) is 12.8 Å². The van der Waals surface area contributed by atoms with Crippen LogP contribution in [0.2, 0.25) is 0 Å². The summed E-state index contributed by atoms with van der Waals surface area (Å²) in [5, 5.41) is 8.69. The van der Waals surface area contributed by atoms with Gasteiger partial charge in [0, 0.05) is 13.1 Å². The second kappa shape index (κ2) is 6.44. The van der Waals surface area contributed by atoms with Gasteiger partial charge in [-0.25, -0.2) is 18.4 Å². The molecule has 8 nitrogen and oxygen atoms in total. The minimum Gasteiger partial charge on any atom is -0.394 e. The third-order valence-electron chi connectivity index (χ3n) is 3.13. The molecular weight excluding hydrogens is 284 g/mol. The maximum absolute atomic E-state index is 12.3. The van der Waals surface area contributed by atoms with Crippen molar-refractivity contribution < 1.29 is 18.3 Å². The zero-order valence-electron chi connectivity index (χ0n) is 11.0. The predicted molar refractivity (Wildman–Crippen MR) is 71.3 cm³/mol. The summed E-state index contributed by atoms with van der Waals surface area (Å²) in [4.78, 5) is 7.45. The lowest BCUT2D eigenvalue weighted by molar-refractivity contribution is 0.00318. The van der Waals surface area contributed by atoms with Gasteiger partial charge in [0.1, 0.15) is 4.90 Å². The number of hydrogen-bond donors (Lipinski definition) is 2. The van der Waals surface area contributed by atoms with Gasteiger partial charge in [-0.1, -0.05) is 0 Å². The Bertz CT molecular complexity index is 526. The highest BCUT2D eigenvalue weighted by Gasteiger charge is 2.30. The van der Waals surface area contributed by atoms with Gasteiger partial charge < -0.3 is 15.6 Å². The van der Waals surface area contributed by atoms with E-state index < -0.39 is 10.0 Å². The van der Waals surface area contributed by atoms with E-state index in [0.717, 1.165) is 0 Å². The molecule has 1 aromatic rings. The fourth-order valence-corrected chi connectivity index (χ4v) is 3.43. The molecule has 20 heavy (non-hydrogen) atoms. The largest absolute Gasteiger partial charge is 0.394 e. The number of nitrogens with zero attached hydrogens (tertiary/aromatic N) is 3. The molecule has 1 aliphatic heterocycles. The van der Waals surface area contributed by atoms with Crippen LogP contribution >= 0.6 is 0 Å². The van der Waals surface area contributed by atoms with E-state index in [4.69, 9.17) is 15.6 Å². The van der Waals surface area contributed by atoms with Gasteiger partial charge >= 0.3 is 0 Å². The molecule has 2 heterocycles. The lowest BCUT2D eigenvalue weighted by atomic mass is 10.1. The van der Waals surface area contributed by atoms with E-state index in [1.807, 2.05) is 0 Å². The van der Waals surface area contributed by atoms with E-state index in [9.17, 15) is 8.42 Å². The van der Waals surface area contributed by atoms with Gasteiger partial charge in [0.25, 0.3) is 0 Å². The van der Waals surface area contributed by atoms with Gasteiger partial charge in [-0.3, -0.25) is 0 Å². The third kappa shape index (κ3) is 3.42. The summed E-state index contributed by atoms with van der Waals surface area (Å²) in [6.45, 7) is 1.01. The first kappa shape index (κ1) is 15.1. The Morgan fingerprint density at radius 2 is 1.95 bits per heavy atom. The molecule has 9 heteroatoms. The van der Waals surface area contributed by atoms with E-state index in [0.29, 0.717) is 25.9 Å². The number of aliphatic hydroxyl groups excluding tert-OH is 1. The van der Waals surface area contributed by atoms with Crippen LogP contribution in [0.5, 0.6) is 0 Å². The van der Waals surface area contributed by atoms with Crippen LogP contribution < -0.4 is 5.73 Å². The smallest absolute Gasteiger partial charge is 0.246 e. The topological polar surface area (TPSA) is 119 Å². The normalized spacial score (nSPS) is 18.2. The number of aromatic nitrogens is 2. The average Bonchev–Trinajstić information content (AvgIpc) is 2.46. The third-order valence-corrected chi connectivity index (χ3v) is 4.98. The molecule has 0 unspecified atom stereocenters. The molecule has 0 aromatic carbocycles. The van der Waals surface area contributed by atoms with Crippen LogP contribution in [0.4, 0.5) is 5.95 Å². The molecule has 3 N–H and O–H groups in total. The molecule has 0 saturated carbocycles. The zero-order chi connectivity index (χ0) is 14.6. The standard InChI is InChI=1S/C11H18N4O4S/c12-11-13-7-10(8-14-11)20(17,18)15-3-1-9(2-4-15)19-6-5-16/h7-9,16H,1-6H2,(H2,12,13,14). The van der Waals surface area contributed by atoms with Gasteiger partial charge in [-0.2, -0.15) is 4.31 Å². The molecule has 0 spiro atoms. The Labute approximate surface area is 117 Å². The van der Waals surface area contributed by atoms with E-state index in [1.165, 1.54) is 16.7 Å². The molecule has 1 saturated heterocycles. The minimum absolute atomic E-state index is 0.00346. The zero-order valence-corrected chi connectivity index (χ0v) is 11.8. The Morgan fingerprint density at radius 3 is 2.50 bits per heavy atom. The Kier molecular flexibility index (Phi) is 4.86. The highest BCUT2D eigenvalue weighted by atomic mass is 32.2. The highest BCUT2D eigenvalue weighted by Crippen LogP contribution is 2.21. The number of anilines is 1. The maximum Gasteiger partial charge on any atom is 0.246 e. The summed E-state index contributed by atoms with van der Waals surface area (Å²) in [5.74, 6) is 0.0417. The van der Waals surface area contributed by atoms with Crippen molar-refractivity contribution in [2.24, 2.45) is 0 Å². The molecule has 0 bridgehead atoms. The van der Waals surface area contributed by atoms with Crippen molar-refractivity contribution in [3.8, 4) is 0 Å². The number of nitrogens with two attached hydrogens (primary N) is 1. The predicted octanol–water partition coefficient (Wildman–Crippen LogP) is -0.779. The second-order valence-corrected chi connectivity index (χ2v) is 6.41. The molecule has 2 rings (SSSR count). The number of aliphatic hydroxyl groups is 1. The number of nitrogen functional groups attached to an aromatic ring is 1. The van der Waals surface area contributed by atoms with Gasteiger partial charge in [-0.15, -0.1) is 0 Å². The van der Waals surface area contributed by atoms with Crippen LogP contribution in [-0.4, -0.2) is 60.2 Å². The number of rotatable bonds is 5. The molecule has 0 atom stereocenters. The van der Waals surface area contributed by atoms with E-state index >= 15 is 0 Å². The molecule has 0 radical (unpaired) electrons. The van der Waals surface area contributed by atoms with Crippen molar-refractivity contribution in [1.82, 2.24) is 14.3 Å². The molecule has 112 valence electrons. The van der Waals surface area contributed by atoms with Gasteiger partial charge in [0.2, 0.25) is 16.0 Å². The van der Waals surface area contributed by atoms with Gasteiger partial charge in [-0.05, 0) is 12.8 Å². The Hall–Kier alpha value is -1.29. The summed E-state index contributed by atoms with van der Waals surface area (Å²) < 4.78 is 31.5. The average molecular weight is 302 g/mol. The van der Waals surface area contributed by atoms with Crippen molar-refractivity contribution in [2.45, 2.75) is 23.8 Å². The van der Waals surface area contributed by atoms with Crippen LogP contribution in [0, 0.1) is 0 Å². The Morgan fingerprint density at radius 1 is 1.35 bits per heavy atom. The Balaban J connectivity index is 2.00. The van der Waals surface area contributed by atoms with Crippen LogP contribution in [0.25, 0.3) is 0 Å². The second-order valence-electron chi connectivity index (χ2n) is 4.47. The van der Waals surface area contributed by atoms with Crippen molar-refractivity contribution in [3.63, 3.8) is 0 Å². The molecule has 0 aliphatic carbocycles. The minimum atomic E-state index is -3.57. The van der Waals surface area contributed by atoms with Crippen molar-refractivity contribution in [1.29, 1.82) is 0 Å². The SMILES string of the molecule is Nc1ncc(S(=O)(=O)N2CCC(OCCO)CC2)cn1.